The number of nitrogens with two attached hydrogens (primary N) is 1. The fourth-order valence-electron chi connectivity index (χ4n) is 0.127. The molecule has 0 fully saturated rings. The first-order valence-corrected chi connectivity index (χ1v) is 1.64. The maximum absolute atomic E-state index is 9.87. The van der Waals surface area contributed by atoms with E-state index in [1.807, 2.05) is 0 Å². The first-order chi connectivity index (χ1) is 3.72. The van der Waals surface area contributed by atoms with Crippen molar-refractivity contribution in [1.82, 2.24) is 0 Å². The van der Waals surface area contributed by atoms with Gasteiger partial charge in [-0.1, -0.05) is 5.16 Å². The Morgan fingerprint density at radius 3 is 2.22 bits per heavy atom. The van der Waals surface area contributed by atoms with Gasteiger partial charge < -0.3 is 10.9 Å². The van der Waals surface area contributed by atoms with E-state index in [-0.39, 0.29) is 17.1 Å². The zero-order chi connectivity index (χ0) is 6.57. The summed E-state index contributed by atoms with van der Waals surface area (Å²) < 4.78 is 0. The van der Waals surface area contributed by atoms with Crippen LogP contribution >= 0.6 is 0 Å². The van der Waals surface area contributed by atoms with Crippen LogP contribution in [0.5, 0.6) is 0 Å². The van der Waals surface area contributed by atoms with Gasteiger partial charge in [0.1, 0.15) is 6.07 Å². The average Bonchev–Trinajstić information content (AvgIpc) is 1.69. The van der Waals surface area contributed by atoms with Crippen molar-refractivity contribution in [3.8, 4) is 6.07 Å². The number of rotatable bonds is 1. The number of nitriles is 1. The molecule has 9 heavy (non-hydrogen) atoms. The normalized spacial score (nSPS) is 9.00. The molecule has 52 valence electrons. The number of carbonyl (C=O) groups is 1. The van der Waals surface area contributed by atoms with Crippen LogP contribution in [-0.4, -0.2) is 16.8 Å². The molecule has 0 spiro atoms. The van der Waals surface area contributed by atoms with Gasteiger partial charge in [0.05, 0.1) is 0 Å². The van der Waals surface area contributed by atoms with E-state index in [4.69, 9.17) is 10.5 Å². The summed E-state index contributed by atoms with van der Waals surface area (Å²) in [6.45, 7) is 0. The van der Waals surface area contributed by atoms with E-state index < -0.39 is 11.6 Å². The molecule has 0 unspecified atom stereocenters. The number of carbonyl (C=O) groups excluding carboxylic acids is 1. The number of hydrogen-bond acceptors (Lipinski definition) is 4. The molecular formula is C3H3CuN3O2+. The molecule has 0 saturated carbocycles. The summed E-state index contributed by atoms with van der Waals surface area (Å²) in [5.41, 5.74) is 3.82. The van der Waals surface area contributed by atoms with Crippen molar-refractivity contribution in [1.29, 1.82) is 5.26 Å². The largest absolute Gasteiger partial charge is 1.00 e. The Bertz CT molecular complexity index is 170. The van der Waals surface area contributed by atoms with Crippen LogP contribution in [0.4, 0.5) is 0 Å². The van der Waals surface area contributed by atoms with Crippen LogP contribution in [0.15, 0.2) is 5.16 Å². The number of oxime groups is 1. The molecule has 0 aromatic rings. The molecule has 0 aromatic carbocycles. The Kier molecular flexibility index (Phi) is 6.14. The second kappa shape index (κ2) is 5.09. The second-order valence-corrected chi connectivity index (χ2v) is 0.925. The standard InChI is InChI=1S/C3H3N3O2.Cu/c4-1-2(6-8)3(5)7;/h8H,(H2,5,7);/q;+1/b6-2-;. The van der Waals surface area contributed by atoms with E-state index in [9.17, 15) is 4.79 Å². The van der Waals surface area contributed by atoms with Gasteiger partial charge in [-0.2, -0.15) is 5.26 Å². The number of amides is 1. The van der Waals surface area contributed by atoms with E-state index in [2.05, 4.69) is 10.9 Å². The fourth-order valence-corrected chi connectivity index (χ4v) is 0.127. The Morgan fingerprint density at radius 2 is 2.22 bits per heavy atom. The van der Waals surface area contributed by atoms with Crippen molar-refractivity contribution >= 4 is 11.6 Å². The van der Waals surface area contributed by atoms with Gasteiger partial charge in [-0.15, -0.1) is 0 Å². The van der Waals surface area contributed by atoms with Crippen molar-refractivity contribution < 1.29 is 27.1 Å². The molecule has 0 rings (SSSR count). The molecule has 0 heterocycles. The molecular weight excluding hydrogens is 174 g/mol. The summed E-state index contributed by atoms with van der Waals surface area (Å²) >= 11 is 0. The molecule has 3 N–H and O–H groups in total. The summed E-state index contributed by atoms with van der Waals surface area (Å²) in [5.74, 6) is -1.03. The maximum atomic E-state index is 9.87. The number of hydrogen-bond donors (Lipinski definition) is 2. The number of primary amides is 1. The van der Waals surface area contributed by atoms with Crippen molar-refractivity contribution in [2.24, 2.45) is 10.9 Å². The summed E-state index contributed by atoms with van der Waals surface area (Å²) in [6, 6.07) is 1.28. The fraction of sp³-hybridized carbons (Fsp3) is 0. The first kappa shape index (κ1) is 10.8. The van der Waals surface area contributed by atoms with Gasteiger partial charge in [0.2, 0.25) is 5.71 Å². The van der Waals surface area contributed by atoms with Crippen LogP contribution in [0.25, 0.3) is 0 Å². The predicted molar refractivity (Wildman–Crippen MR) is 24.0 cm³/mol. The quantitative estimate of drug-likeness (QED) is 0.228. The van der Waals surface area contributed by atoms with Crippen LogP contribution in [0, 0.1) is 11.3 Å². The molecule has 0 aliphatic heterocycles. The zero-order valence-corrected chi connectivity index (χ0v) is 5.07. The van der Waals surface area contributed by atoms with Crippen LogP contribution in [0.3, 0.4) is 0 Å². The van der Waals surface area contributed by atoms with Crippen LogP contribution < -0.4 is 5.73 Å². The molecule has 0 bridgehead atoms. The Hall–Kier alpha value is -1.05. The van der Waals surface area contributed by atoms with E-state index in [1.165, 1.54) is 6.07 Å². The van der Waals surface area contributed by atoms with E-state index in [1.54, 1.807) is 0 Å². The van der Waals surface area contributed by atoms with Gasteiger partial charge in [-0.25, -0.2) is 0 Å². The van der Waals surface area contributed by atoms with Crippen LogP contribution in [-0.2, 0) is 21.9 Å². The Morgan fingerprint density at radius 1 is 1.78 bits per heavy atom. The molecule has 0 aliphatic rings. The Labute approximate surface area is 61.6 Å². The Balaban J connectivity index is 0. The van der Waals surface area contributed by atoms with E-state index >= 15 is 0 Å². The smallest absolute Gasteiger partial charge is 0.410 e. The summed E-state index contributed by atoms with van der Waals surface area (Å²) in [7, 11) is 0. The minimum absolute atomic E-state index is 0. The zero-order valence-electron chi connectivity index (χ0n) is 4.13. The molecule has 0 radical (unpaired) electrons. The van der Waals surface area contributed by atoms with Crippen LogP contribution in [0.1, 0.15) is 0 Å². The molecule has 0 aliphatic carbocycles. The minimum Gasteiger partial charge on any atom is -0.410 e. The monoisotopic (exact) mass is 176 g/mol. The summed E-state index contributed by atoms with van der Waals surface area (Å²) in [4.78, 5) is 9.87. The van der Waals surface area contributed by atoms with Gasteiger partial charge in [0.15, 0.2) is 0 Å². The van der Waals surface area contributed by atoms with Crippen molar-refractivity contribution in [3.63, 3.8) is 0 Å². The third-order valence-electron chi connectivity index (χ3n) is 0.439. The first-order valence-electron chi connectivity index (χ1n) is 1.64. The average molecular weight is 177 g/mol. The SMILES string of the molecule is N#C/C(=N/O)C(N)=O.[Cu+]. The third-order valence-corrected chi connectivity index (χ3v) is 0.439. The van der Waals surface area contributed by atoms with Crippen molar-refractivity contribution in [2.75, 3.05) is 0 Å². The maximum Gasteiger partial charge on any atom is 1.00 e. The van der Waals surface area contributed by atoms with Gasteiger partial charge in [-0.3, -0.25) is 4.79 Å². The molecule has 0 aromatic heterocycles. The van der Waals surface area contributed by atoms with Gasteiger partial charge in [0.25, 0.3) is 5.91 Å². The molecule has 6 heteroatoms. The van der Waals surface area contributed by atoms with Gasteiger partial charge in [-0.05, 0) is 0 Å². The van der Waals surface area contributed by atoms with E-state index in [0.29, 0.717) is 0 Å². The predicted octanol–water partition coefficient (Wildman–Crippen LogP) is -1.18. The van der Waals surface area contributed by atoms with Crippen molar-refractivity contribution in [3.05, 3.63) is 0 Å². The summed E-state index contributed by atoms with van der Waals surface area (Å²) in [5, 5.41) is 17.9. The molecule has 5 nitrogen and oxygen atoms in total. The molecule has 0 saturated heterocycles. The number of nitrogens with zero attached hydrogens (tertiary/aromatic N) is 2. The van der Waals surface area contributed by atoms with Gasteiger partial charge >= 0.3 is 17.1 Å². The minimum atomic E-state index is -1.03. The molecule has 0 atom stereocenters. The summed E-state index contributed by atoms with van der Waals surface area (Å²) in [6.07, 6.45) is 0. The molecule has 1 amide bonds. The van der Waals surface area contributed by atoms with Crippen LogP contribution in [0.2, 0.25) is 0 Å². The third kappa shape index (κ3) is 3.53. The van der Waals surface area contributed by atoms with E-state index in [0.717, 1.165) is 0 Å². The topological polar surface area (TPSA) is 99.5 Å². The second-order valence-electron chi connectivity index (χ2n) is 0.925. The van der Waals surface area contributed by atoms with Gasteiger partial charge in [0, 0.05) is 0 Å². The van der Waals surface area contributed by atoms with Crippen molar-refractivity contribution in [2.45, 2.75) is 0 Å².